The van der Waals surface area contributed by atoms with Crippen LogP contribution >= 0.6 is 0 Å². The van der Waals surface area contributed by atoms with Crippen molar-refractivity contribution < 1.29 is 0 Å². The van der Waals surface area contributed by atoms with E-state index in [0.29, 0.717) is 0 Å². The maximum atomic E-state index is 4.30. The summed E-state index contributed by atoms with van der Waals surface area (Å²) in [5.74, 6) is 0. The third-order valence-electron chi connectivity index (χ3n) is 2.43. The van der Waals surface area contributed by atoms with E-state index in [4.69, 9.17) is 0 Å². The van der Waals surface area contributed by atoms with Crippen molar-refractivity contribution in [2.24, 2.45) is 0 Å². The second-order valence-corrected chi connectivity index (χ2v) is 3.51. The molecule has 0 saturated carbocycles. The summed E-state index contributed by atoms with van der Waals surface area (Å²) in [5, 5.41) is 0. The van der Waals surface area contributed by atoms with Gasteiger partial charge in [-0.1, -0.05) is 19.8 Å². The van der Waals surface area contributed by atoms with Gasteiger partial charge in [-0.3, -0.25) is 4.98 Å². The molecule has 2 heterocycles. The molecule has 0 saturated heterocycles. The largest absolute Gasteiger partial charge is 0.331 e. The third-order valence-corrected chi connectivity index (χ3v) is 2.43. The molecule has 0 N–H and O–H groups in total. The van der Waals surface area contributed by atoms with Gasteiger partial charge < -0.3 is 4.57 Å². The van der Waals surface area contributed by atoms with Gasteiger partial charge in [-0.15, -0.1) is 0 Å². The molecule has 3 nitrogen and oxygen atoms in total. The summed E-state index contributed by atoms with van der Waals surface area (Å²) in [5.41, 5.74) is 2.18. The molecule has 2 aromatic rings. The summed E-state index contributed by atoms with van der Waals surface area (Å²) in [6, 6.07) is 2.02. The van der Waals surface area contributed by atoms with Gasteiger partial charge in [-0.2, -0.15) is 0 Å². The summed E-state index contributed by atoms with van der Waals surface area (Å²) in [4.78, 5) is 8.34. The van der Waals surface area contributed by atoms with Gasteiger partial charge in [0.2, 0.25) is 0 Å². The lowest BCUT2D eigenvalue weighted by Gasteiger charge is -2.02. The highest BCUT2D eigenvalue weighted by Gasteiger charge is 2.00. The number of pyridine rings is 1. The molecule has 2 rings (SSSR count). The third kappa shape index (κ3) is 1.76. The molecular formula is C11H15N3. The van der Waals surface area contributed by atoms with Gasteiger partial charge in [-0.25, -0.2) is 4.98 Å². The zero-order valence-electron chi connectivity index (χ0n) is 8.48. The highest BCUT2D eigenvalue weighted by atomic mass is 15.0. The van der Waals surface area contributed by atoms with Gasteiger partial charge in [0.1, 0.15) is 5.52 Å². The Bertz CT molecular complexity index is 406. The van der Waals surface area contributed by atoms with Crippen molar-refractivity contribution in [1.82, 2.24) is 14.5 Å². The number of unbranched alkanes of at least 4 members (excludes halogenated alkanes) is 2. The fourth-order valence-corrected chi connectivity index (χ4v) is 1.63. The molecule has 74 valence electrons. The molecule has 3 heteroatoms. The Morgan fingerprint density at radius 1 is 1.36 bits per heavy atom. The molecule has 0 bridgehead atoms. The summed E-state index contributed by atoms with van der Waals surface area (Å²) in [6.07, 6.45) is 9.30. The van der Waals surface area contributed by atoms with E-state index in [9.17, 15) is 0 Å². The van der Waals surface area contributed by atoms with Crippen LogP contribution in [-0.4, -0.2) is 14.5 Å². The normalized spacial score (nSPS) is 10.9. The van der Waals surface area contributed by atoms with Crippen molar-refractivity contribution in [2.45, 2.75) is 32.7 Å². The SMILES string of the molecule is CCCCCn1cnc2cnccc21. The second kappa shape index (κ2) is 4.22. The maximum absolute atomic E-state index is 4.30. The number of imidazole rings is 1. The Balaban J connectivity index is 2.17. The van der Waals surface area contributed by atoms with Crippen molar-refractivity contribution in [2.75, 3.05) is 0 Å². The summed E-state index contributed by atoms with van der Waals surface area (Å²) < 4.78 is 2.20. The van der Waals surface area contributed by atoms with Gasteiger partial charge in [0.15, 0.2) is 0 Å². The van der Waals surface area contributed by atoms with Crippen LogP contribution in [0.3, 0.4) is 0 Å². The Hall–Kier alpha value is -1.38. The standard InChI is InChI=1S/C11H15N3/c1-2-3-4-7-14-9-13-10-8-12-6-5-11(10)14/h5-6,8-9H,2-4,7H2,1H3. The van der Waals surface area contributed by atoms with E-state index in [1.54, 1.807) is 0 Å². The molecule has 14 heavy (non-hydrogen) atoms. The average molecular weight is 189 g/mol. The van der Waals surface area contributed by atoms with Crippen LogP contribution in [0.2, 0.25) is 0 Å². The van der Waals surface area contributed by atoms with Crippen LogP contribution in [0.1, 0.15) is 26.2 Å². The van der Waals surface area contributed by atoms with Crippen molar-refractivity contribution in [3.63, 3.8) is 0 Å². The lowest BCUT2D eigenvalue weighted by molar-refractivity contribution is 0.613. The Morgan fingerprint density at radius 2 is 2.29 bits per heavy atom. The molecule has 0 unspecified atom stereocenters. The fourth-order valence-electron chi connectivity index (χ4n) is 1.63. The monoisotopic (exact) mass is 189 g/mol. The minimum absolute atomic E-state index is 0.990. The van der Waals surface area contributed by atoms with Crippen LogP contribution in [0, 0.1) is 0 Å². The molecule has 0 amide bonds. The molecule has 0 fully saturated rings. The van der Waals surface area contributed by atoms with Crippen LogP contribution in [0.15, 0.2) is 24.8 Å². The number of rotatable bonds is 4. The summed E-state index contributed by atoms with van der Waals surface area (Å²) in [6.45, 7) is 3.28. The number of aromatic nitrogens is 3. The number of fused-ring (bicyclic) bond motifs is 1. The first-order valence-corrected chi connectivity index (χ1v) is 5.16. The molecule has 0 aliphatic heterocycles. The van der Waals surface area contributed by atoms with Crippen molar-refractivity contribution in [3.05, 3.63) is 24.8 Å². The van der Waals surface area contributed by atoms with Crippen molar-refractivity contribution in [3.8, 4) is 0 Å². The number of hydrogen-bond donors (Lipinski definition) is 0. The Labute approximate surface area is 83.8 Å². The minimum Gasteiger partial charge on any atom is -0.331 e. The van der Waals surface area contributed by atoms with E-state index >= 15 is 0 Å². The Kier molecular flexibility index (Phi) is 2.77. The van der Waals surface area contributed by atoms with E-state index in [1.807, 2.05) is 24.8 Å². The number of aryl methyl sites for hydroxylation is 1. The smallest absolute Gasteiger partial charge is 0.107 e. The molecular weight excluding hydrogens is 174 g/mol. The zero-order valence-corrected chi connectivity index (χ0v) is 8.48. The maximum Gasteiger partial charge on any atom is 0.107 e. The first-order valence-electron chi connectivity index (χ1n) is 5.16. The number of hydrogen-bond acceptors (Lipinski definition) is 2. The molecule has 0 atom stereocenters. The lowest BCUT2D eigenvalue weighted by atomic mass is 10.2. The summed E-state index contributed by atoms with van der Waals surface area (Å²) in [7, 11) is 0. The van der Waals surface area contributed by atoms with Gasteiger partial charge in [-0.05, 0) is 12.5 Å². The molecule has 0 radical (unpaired) electrons. The van der Waals surface area contributed by atoms with Crippen LogP contribution < -0.4 is 0 Å². The van der Waals surface area contributed by atoms with E-state index < -0.39 is 0 Å². The topological polar surface area (TPSA) is 30.7 Å². The van der Waals surface area contributed by atoms with E-state index in [-0.39, 0.29) is 0 Å². The van der Waals surface area contributed by atoms with Gasteiger partial charge in [0.25, 0.3) is 0 Å². The molecule has 0 aliphatic rings. The first-order chi connectivity index (χ1) is 6.92. The summed E-state index contributed by atoms with van der Waals surface area (Å²) >= 11 is 0. The van der Waals surface area contributed by atoms with Crippen LogP contribution in [-0.2, 0) is 6.54 Å². The van der Waals surface area contributed by atoms with Gasteiger partial charge in [0.05, 0.1) is 18.0 Å². The van der Waals surface area contributed by atoms with Crippen LogP contribution in [0.25, 0.3) is 11.0 Å². The fraction of sp³-hybridized carbons (Fsp3) is 0.455. The average Bonchev–Trinajstić information content (AvgIpc) is 2.63. The van der Waals surface area contributed by atoms with Crippen LogP contribution in [0.4, 0.5) is 0 Å². The predicted octanol–water partition coefficient (Wildman–Crippen LogP) is 2.62. The second-order valence-electron chi connectivity index (χ2n) is 3.51. The van der Waals surface area contributed by atoms with Crippen molar-refractivity contribution >= 4 is 11.0 Å². The van der Waals surface area contributed by atoms with Crippen molar-refractivity contribution in [1.29, 1.82) is 0 Å². The van der Waals surface area contributed by atoms with E-state index in [1.165, 1.54) is 24.8 Å². The van der Waals surface area contributed by atoms with E-state index in [0.717, 1.165) is 12.1 Å². The van der Waals surface area contributed by atoms with Gasteiger partial charge >= 0.3 is 0 Å². The molecule has 0 aromatic carbocycles. The zero-order chi connectivity index (χ0) is 9.80. The quantitative estimate of drug-likeness (QED) is 0.692. The molecule has 0 spiro atoms. The lowest BCUT2D eigenvalue weighted by Crippen LogP contribution is -1.95. The number of nitrogens with zero attached hydrogens (tertiary/aromatic N) is 3. The highest BCUT2D eigenvalue weighted by Crippen LogP contribution is 2.11. The predicted molar refractivity (Wildman–Crippen MR) is 57.1 cm³/mol. The van der Waals surface area contributed by atoms with E-state index in [2.05, 4.69) is 21.5 Å². The minimum atomic E-state index is 0.990. The van der Waals surface area contributed by atoms with Gasteiger partial charge in [0, 0.05) is 12.7 Å². The first kappa shape index (κ1) is 9.19. The Morgan fingerprint density at radius 3 is 3.14 bits per heavy atom. The molecule has 0 aliphatic carbocycles. The highest BCUT2D eigenvalue weighted by molar-refractivity contribution is 5.73. The molecule has 2 aromatic heterocycles. The van der Waals surface area contributed by atoms with Crippen LogP contribution in [0.5, 0.6) is 0 Å².